The molecule has 2 N–H and O–H groups in total. The van der Waals surface area contributed by atoms with E-state index in [1.54, 1.807) is 18.2 Å². The van der Waals surface area contributed by atoms with E-state index in [1.165, 1.54) is 25.4 Å². The zero-order chi connectivity index (χ0) is 22.5. The van der Waals surface area contributed by atoms with Gasteiger partial charge in [0.05, 0.1) is 18.5 Å². The molecule has 160 valence electrons. The number of hydrogen-bond acceptors (Lipinski definition) is 5. The van der Waals surface area contributed by atoms with E-state index in [1.807, 2.05) is 60.7 Å². The fourth-order valence-corrected chi connectivity index (χ4v) is 4.22. The molecule has 32 heavy (non-hydrogen) atoms. The third-order valence-electron chi connectivity index (χ3n) is 4.67. The molecule has 0 atom stereocenters. The summed E-state index contributed by atoms with van der Waals surface area (Å²) < 4.78 is 5.28. The summed E-state index contributed by atoms with van der Waals surface area (Å²) in [5, 5.41) is 6.41. The minimum atomic E-state index is -0.275. The van der Waals surface area contributed by atoms with Crippen molar-refractivity contribution in [3.8, 4) is 27.6 Å². The van der Waals surface area contributed by atoms with E-state index in [2.05, 4.69) is 10.6 Å². The summed E-state index contributed by atoms with van der Waals surface area (Å²) in [7, 11) is 1.52. The van der Waals surface area contributed by atoms with Crippen LogP contribution in [0.1, 0.15) is 16.6 Å². The minimum absolute atomic E-state index is 0.229. The largest absolute Gasteiger partial charge is 0.495 e. The number of ether oxygens (including phenoxy) is 1. The fourth-order valence-electron chi connectivity index (χ4n) is 3.23. The lowest BCUT2D eigenvalue weighted by molar-refractivity contribution is -0.114. The van der Waals surface area contributed by atoms with E-state index in [4.69, 9.17) is 9.72 Å². The van der Waals surface area contributed by atoms with Crippen LogP contribution in [0.25, 0.3) is 21.8 Å². The van der Waals surface area contributed by atoms with E-state index < -0.39 is 0 Å². The Kier molecular flexibility index (Phi) is 6.28. The maximum atomic E-state index is 13.3. The number of nitrogens with zero attached hydrogens (tertiary/aromatic N) is 1. The lowest BCUT2D eigenvalue weighted by Gasteiger charge is -2.12. The number of benzene rings is 3. The van der Waals surface area contributed by atoms with Gasteiger partial charge >= 0.3 is 0 Å². The van der Waals surface area contributed by atoms with Gasteiger partial charge in [-0.05, 0) is 18.2 Å². The monoisotopic (exact) mass is 443 g/mol. The third kappa shape index (κ3) is 4.68. The van der Waals surface area contributed by atoms with E-state index in [-0.39, 0.29) is 11.8 Å². The first-order valence-corrected chi connectivity index (χ1v) is 10.8. The van der Waals surface area contributed by atoms with Crippen molar-refractivity contribution in [2.24, 2.45) is 0 Å². The second-order valence-electron chi connectivity index (χ2n) is 6.98. The number of carbonyl (C=O) groups excluding carboxylic acids is 2. The summed E-state index contributed by atoms with van der Waals surface area (Å²) in [4.78, 5) is 30.1. The number of carbonyl (C=O) groups is 2. The smallest absolute Gasteiger partial charge is 0.268 e. The van der Waals surface area contributed by atoms with Gasteiger partial charge in [-0.15, -0.1) is 11.3 Å². The lowest BCUT2D eigenvalue weighted by atomic mass is 10.1. The highest BCUT2D eigenvalue weighted by Crippen LogP contribution is 2.35. The highest BCUT2D eigenvalue weighted by Gasteiger charge is 2.21. The van der Waals surface area contributed by atoms with Crippen LogP contribution in [-0.4, -0.2) is 23.9 Å². The van der Waals surface area contributed by atoms with Crippen LogP contribution in [0, 0.1) is 0 Å². The Balaban J connectivity index is 1.70. The van der Waals surface area contributed by atoms with Gasteiger partial charge in [-0.1, -0.05) is 60.7 Å². The van der Waals surface area contributed by atoms with Crippen LogP contribution in [-0.2, 0) is 4.79 Å². The summed E-state index contributed by atoms with van der Waals surface area (Å²) in [6.45, 7) is 1.42. The van der Waals surface area contributed by atoms with Gasteiger partial charge in [0.2, 0.25) is 5.91 Å². The molecule has 0 saturated heterocycles. The Hall–Kier alpha value is -3.97. The molecule has 0 bridgehead atoms. The van der Waals surface area contributed by atoms with Crippen LogP contribution in [0.4, 0.5) is 11.4 Å². The van der Waals surface area contributed by atoms with Crippen LogP contribution in [0.5, 0.6) is 5.75 Å². The SMILES string of the molecule is COc1ccc(NC(=O)c2sc(-c3ccccc3)nc2-c2ccccc2)cc1NC(C)=O. The maximum Gasteiger partial charge on any atom is 0.268 e. The minimum Gasteiger partial charge on any atom is -0.495 e. The molecule has 2 amide bonds. The first-order chi connectivity index (χ1) is 15.5. The molecule has 0 aliphatic rings. The molecule has 3 aromatic carbocycles. The number of rotatable bonds is 6. The van der Waals surface area contributed by atoms with Gasteiger partial charge < -0.3 is 15.4 Å². The van der Waals surface area contributed by atoms with Crippen molar-refractivity contribution >= 4 is 34.5 Å². The average Bonchev–Trinajstić information content (AvgIpc) is 3.26. The van der Waals surface area contributed by atoms with Gasteiger partial charge in [0, 0.05) is 23.7 Å². The average molecular weight is 444 g/mol. The van der Waals surface area contributed by atoms with Crippen molar-refractivity contribution < 1.29 is 14.3 Å². The van der Waals surface area contributed by atoms with E-state index in [9.17, 15) is 9.59 Å². The van der Waals surface area contributed by atoms with Crippen LogP contribution in [0.15, 0.2) is 78.9 Å². The van der Waals surface area contributed by atoms with E-state index in [0.717, 1.165) is 16.1 Å². The predicted molar refractivity (Wildman–Crippen MR) is 128 cm³/mol. The number of amides is 2. The van der Waals surface area contributed by atoms with Crippen LogP contribution >= 0.6 is 11.3 Å². The first kappa shape index (κ1) is 21.3. The second-order valence-corrected chi connectivity index (χ2v) is 7.98. The van der Waals surface area contributed by atoms with Gasteiger partial charge in [-0.2, -0.15) is 0 Å². The van der Waals surface area contributed by atoms with Gasteiger partial charge in [0.1, 0.15) is 15.6 Å². The van der Waals surface area contributed by atoms with Gasteiger partial charge in [0.15, 0.2) is 0 Å². The molecule has 4 rings (SSSR count). The number of thiazole rings is 1. The normalized spacial score (nSPS) is 10.4. The molecule has 0 aliphatic heterocycles. The first-order valence-electron chi connectivity index (χ1n) is 9.94. The fraction of sp³-hybridized carbons (Fsp3) is 0.0800. The molecule has 0 unspecified atom stereocenters. The summed E-state index contributed by atoms with van der Waals surface area (Å²) in [6.07, 6.45) is 0. The summed E-state index contributed by atoms with van der Waals surface area (Å²) in [5.74, 6) is 0.00269. The van der Waals surface area contributed by atoms with Crippen molar-refractivity contribution in [2.75, 3.05) is 17.7 Å². The van der Waals surface area contributed by atoms with E-state index in [0.29, 0.717) is 27.7 Å². The van der Waals surface area contributed by atoms with Crippen LogP contribution in [0.3, 0.4) is 0 Å². The molecule has 1 heterocycles. The molecule has 0 radical (unpaired) electrons. The van der Waals surface area contributed by atoms with Gasteiger partial charge in [-0.3, -0.25) is 9.59 Å². The standard InChI is InChI=1S/C25H21N3O3S/c1-16(29)26-20-15-19(13-14-21(20)31-2)27-24(30)23-22(17-9-5-3-6-10-17)28-25(32-23)18-11-7-4-8-12-18/h3-15H,1-2H3,(H,26,29)(H,27,30). The number of hydrogen-bond donors (Lipinski definition) is 2. The molecule has 0 saturated carbocycles. The predicted octanol–water partition coefficient (Wildman–Crippen LogP) is 5.70. The van der Waals surface area contributed by atoms with Crippen LogP contribution < -0.4 is 15.4 Å². The van der Waals surface area contributed by atoms with E-state index >= 15 is 0 Å². The molecule has 7 heteroatoms. The Morgan fingerprint density at radius 2 is 1.53 bits per heavy atom. The highest BCUT2D eigenvalue weighted by molar-refractivity contribution is 7.17. The number of methoxy groups -OCH3 is 1. The maximum absolute atomic E-state index is 13.3. The molecule has 1 aromatic heterocycles. The molecular weight excluding hydrogens is 422 g/mol. The Morgan fingerprint density at radius 1 is 0.875 bits per heavy atom. The van der Waals surface area contributed by atoms with Gasteiger partial charge in [-0.25, -0.2) is 4.98 Å². The Bertz CT molecular complexity index is 1250. The Labute approximate surface area is 189 Å². The molecule has 0 spiro atoms. The summed E-state index contributed by atoms with van der Waals surface area (Å²) in [5.41, 5.74) is 3.46. The molecule has 0 aliphatic carbocycles. The molecular formula is C25H21N3O3S. The molecule has 4 aromatic rings. The number of nitrogens with one attached hydrogen (secondary N) is 2. The van der Waals surface area contributed by atoms with Crippen molar-refractivity contribution in [3.05, 3.63) is 83.7 Å². The topological polar surface area (TPSA) is 80.3 Å². The summed E-state index contributed by atoms with van der Waals surface area (Å²) in [6, 6.07) is 24.5. The third-order valence-corrected chi connectivity index (χ3v) is 5.77. The summed E-state index contributed by atoms with van der Waals surface area (Å²) >= 11 is 1.34. The van der Waals surface area contributed by atoms with Crippen molar-refractivity contribution in [3.63, 3.8) is 0 Å². The number of aromatic nitrogens is 1. The Morgan fingerprint density at radius 3 is 2.16 bits per heavy atom. The zero-order valence-electron chi connectivity index (χ0n) is 17.6. The van der Waals surface area contributed by atoms with Crippen molar-refractivity contribution in [1.29, 1.82) is 0 Å². The zero-order valence-corrected chi connectivity index (χ0v) is 18.4. The molecule has 6 nitrogen and oxygen atoms in total. The lowest BCUT2D eigenvalue weighted by Crippen LogP contribution is -2.13. The van der Waals surface area contributed by atoms with Gasteiger partial charge in [0.25, 0.3) is 5.91 Å². The molecule has 0 fully saturated rings. The second kappa shape index (κ2) is 9.45. The quantitative estimate of drug-likeness (QED) is 0.401. The highest BCUT2D eigenvalue weighted by atomic mass is 32.1. The number of anilines is 2. The van der Waals surface area contributed by atoms with Crippen LogP contribution in [0.2, 0.25) is 0 Å². The van der Waals surface area contributed by atoms with Crippen molar-refractivity contribution in [2.45, 2.75) is 6.92 Å². The van der Waals surface area contributed by atoms with Crippen molar-refractivity contribution in [1.82, 2.24) is 4.98 Å².